The first-order valence-corrected chi connectivity index (χ1v) is 7.65. The van der Waals surface area contributed by atoms with Gasteiger partial charge >= 0.3 is 5.97 Å². The molecule has 128 valence electrons. The molecule has 0 aliphatic carbocycles. The Morgan fingerprint density at radius 1 is 1.19 bits per heavy atom. The zero-order valence-corrected chi connectivity index (χ0v) is 13.5. The summed E-state index contributed by atoms with van der Waals surface area (Å²) in [5.41, 5.74) is 1.97. The first kappa shape index (κ1) is 16.9. The zero-order chi connectivity index (χ0) is 18.4. The summed E-state index contributed by atoms with van der Waals surface area (Å²) in [6, 6.07) is 15.7. The van der Waals surface area contributed by atoms with Gasteiger partial charge in [-0.25, -0.2) is 9.78 Å². The molecule has 1 amide bonds. The second kappa shape index (κ2) is 7.77. The van der Waals surface area contributed by atoms with Gasteiger partial charge in [-0.3, -0.25) is 4.79 Å². The van der Waals surface area contributed by atoms with Crippen LogP contribution >= 0.6 is 0 Å². The maximum absolute atomic E-state index is 11.8. The smallest absolute Gasteiger partial charge is 0.331 e. The number of fused-ring (bicyclic) bond motifs is 1. The maximum Gasteiger partial charge on any atom is 0.331 e. The lowest BCUT2D eigenvalue weighted by Crippen LogP contribution is -2.20. The number of nitrogens with zero attached hydrogens (tertiary/aromatic N) is 2. The minimum absolute atomic E-state index is 0.260. The highest BCUT2D eigenvalue weighted by molar-refractivity contribution is 5.95. The van der Waals surface area contributed by atoms with Gasteiger partial charge in [0.25, 0.3) is 5.91 Å². The second-order valence-electron chi connectivity index (χ2n) is 5.17. The third kappa shape index (κ3) is 4.13. The monoisotopic (exact) mass is 347 g/mol. The van der Waals surface area contributed by atoms with Crippen LogP contribution in [0.2, 0.25) is 0 Å². The summed E-state index contributed by atoms with van der Waals surface area (Å²) in [5, 5.41) is 11.5. The molecule has 3 rings (SSSR count). The number of anilines is 1. The third-order valence-electron chi connectivity index (χ3n) is 3.34. The number of rotatable bonds is 5. The lowest BCUT2D eigenvalue weighted by atomic mass is 10.2. The topological polar surface area (TPSA) is 105 Å². The largest absolute Gasteiger partial charge is 0.452 e. The predicted molar refractivity (Wildman–Crippen MR) is 93.8 cm³/mol. The summed E-state index contributed by atoms with van der Waals surface area (Å²) in [7, 11) is 0. The van der Waals surface area contributed by atoms with E-state index in [1.807, 2.05) is 18.2 Å². The van der Waals surface area contributed by atoms with E-state index >= 15 is 0 Å². The van der Waals surface area contributed by atoms with E-state index in [0.717, 1.165) is 6.08 Å². The van der Waals surface area contributed by atoms with Crippen LogP contribution in [0.5, 0.6) is 0 Å². The minimum Gasteiger partial charge on any atom is -0.452 e. The van der Waals surface area contributed by atoms with Gasteiger partial charge in [-0.2, -0.15) is 5.26 Å². The fraction of sp³-hybridized carbons (Fsp3) is 0.0526. The molecule has 7 heteroatoms. The van der Waals surface area contributed by atoms with E-state index in [1.165, 1.54) is 6.08 Å². The van der Waals surface area contributed by atoms with E-state index in [2.05, 4.69) is 10.3 Å². The summed E-state index contributed by atoms with van der Waals surface area (Å²) in [6.45, 7) is -0.476. The number of oxazole rings is 1. The maximum atomic E-state index is 11.8. The molecule has 0 unspecified atom stereocenters. The summed E-state index contributed by atoms with van der Waals surface area (Å²) in [6.07, 6.45) is 2.49. The number of carbonyl (C=O) groups excluding carboxylic acids is 2. The highest BCUT2D eigenvalue weighted by atomic mass is 16.5. The molecule has 0 saturated heterocycles. The molecule has 7 nitrogen and oxygen atoms in total. The molecule has 0 aliphatic heterocycles. The molecule has 0 aliphatic rings. The van der Waals surface area contributed by atoms with Crippen molar-refractivity contribution in [3.8, 4) is 6.07 Å². The molecule has 2 aromatic carbocycles. The van der Waals surface area contributed by atoms with E-state index in [4.69, 9.17) is 14.4 Å². The van der Waals surface area contributed by atoms with Gasteiger partial charge in [-0.15, -0.1) is 0 Å². The number of amides is 1. The number of esters is 1. The van der Waals surface area contributed by atoms with E-state index in [1.54, 1.807) is 36.4 Å². The number of ether oxygens (including phenoxy) is 1. The van der Waals surface area contributed by atoms with Crippen molar-refractivity contribution < 1.29 is 18.7 Å². The van der Waals surface area contributed by atoms with Gasteiger partial charge in [-0.1, -0.05) is 24.3 Å². The SMILES string of the molecule is N#Cc1ccccc1NC(=O)COC(=O)/C=C/c1nc2ccccc2o1. The summed E-state index contributed by atoms with van der Waals surface area (Å²) < 4.78 is 10.3. The Morgan fingerprint density at radius 3 is 2.77 bits per heavy atom. The Bertz CT molecular complexity index is 997. The van der Waals surface area contributed by atoms with Crippen molar-refractivity contribution >= 4 is 34.7 Å². The fourth-order valence-electron chi connectivity index (χ4n) is 2.16. The molecule has 0 radical (unpaired) electrons. The van der Waals surface area contributed by atoms with Crippen LogP contribution in [0.15, 0.2) is 59.0 Å². The van der Waals surface area contributed by atoms with Gasteiger partial charge in [0.2, 0.25) is 5.89 Å². The van der Waals surface area contributed by atoms with Crippen LogP contribution in [0.4, 0.5) is 5.69 Å². The Morgan fingerprint density at radius 2 is 1.96 bits per heavy atom. The number of hydrogen-bond acceptors (Lipinski definition) is 6. The zero-order valence-electron chi connectivity index (χ0n) is 13.5. The summed E-state index contributed by atoms with van der Waals surface area (Å²) in [4.78, 5) is 27.7. The first-order valence-electron chi connectivity index (χ1n) is 7.65. The van der Waals surface area contributed by atoms with Crippen molar-refractivity contribution in [2.75, 3.05) is 11.9 Å². The van der Waals surface area contributed by atoms with Crippen LogP contribution in [0, 0.1) is 11.3 Å². The summed E-state index contributed by atoms with van der Waals surface area (Å²) in [5.74, 6) is -0.997. The van der Waals surface area contributed by atoms with Crippen molar-refractivity contribution in [1.29, 1.82) is 5.26 Å². The lowest BCUT2D eigenvalue weighted by molar-refractivity contribution is -0.142. The molecule has 26 heavy (non-hydrogen) atoms. The van der Waals surface area contributed by atoms with Crippen molar-refractivity contribution in [3.63, 3.8) is 0 Å². The van der Waals surface area contributed by atoms with Crippen LogP contribution in [0.25, 0.3) is 17.2 Å². The van der Waals surface area contributed by atoms with Crippen LogP contribution in [-0.2, 0) is 14.3 Å². The Labute approximate surface area is 148 Å². The molecule has 1 heterocycles. The van der Waals surface area contributed by atoms with Crippen molar-refractivity contribution in [1.82, 2.24) is 4.98 Å². The average molecular weight is 347 g/mol. The highest BCUT2D eigenvalue weighted by Gasteiger charge is 2.09. The molecule has 0 bridgehead atoms. The number of benzene rings is 2. The Kier molecular flexibility index (Phi) is 5.05. The molecule has 3 aromatic rings. The van der Waals surface area contributed by atoms with Crippen LogP contribution in [-0.4, -0.2) is 23.5 Å². The van der Waals surface area contributed by atoms with Crippen LogP contribution < -0.4 is 5.32 Å². The van der Waals surface area contributed by atoms with Gasteiger partial charge < -0.3 is 14.5 Å². The standard InChI is InChI=1S/C19H13N3O4/c20-11-13-5-1-2-6-14(13)21-17(23)12-25-19(24)10-9-18-22-15-7-3-4-8-16(15)26-18/h1-10H,12H2,(H,21,23)/b10-9+. The van der Waals surface area contributed by atoms with Crippen molar-refractivity contribution in [3.05, 3.63) is 66.1 Å². The normalized spacial score (nSPS) is 10.6. The van der Waals surface area contributed by atoms with Gasteiger partial charge in [0.15, 0.2) is 12.2 Å². The third-order valence-corrected chi connectivity index (χ3v) is 3.34. The molecule has 1 N–H and O–H groups in total. The molecule has 0 fully saturated rings. The Hall–Kier alpha value is -3.92. The van der Waals surface area contributed by atoms with Gasteiger partial charge in [0.1, 0.15) is 11.6 Å². The minimum atomic E-state index is -0.712. The van der Waals surface area contributed by atoms with Gasteiger partial charge in [0.05, 0.1) is 11.3 Å². The van der Waals surface area contributed by atoms with Crippen molar-refractivity contribution in [2.24, 2.45) is 0 Å². The predicted octanol–water partition coefficient (Wildman–Crippen LogP) is 2.89. The number of para-hydroxylation sites is 3. The van der Waals surface area contributed by atoms with E-state index in [9.17, 15) is 9.59 Å². The molecule has 0 atom stereocenters. The van der Waals surface area contributed by atoms with E-state index in [-0.39, 0.29) is 5.89 Å². The van der Waals surface area contributed by atoms with Gasteiger partial charge in [-0.05, 0) is 24.3 Å². The molecular weight excluding hydrogens is 334 g/mol. The number of aromatic nitrogens is 1. The first-order chi connectivity index (χ1) is 12.7. The molecule has 0 spiro atoms. The number of carbonyl (C=O) groups is 2. The van der Waals surface area contributed by atoms with E-state index in [0.29, 0.717) is 22.4 Å². The Balaban J connectivity index is 1.53. The quantitative estimate of drug-likeness (QED) is 0.562. The average Bonchev–Trinajstić information content (AvgIpc) is 3.08. The number of nitriles is 1. The summed E-state index contributed by atoms with van der Waals surface area (Å²) >= 11 is 0. The number of nitrogens with one attached hydrogen (secondary N) is 1. The van der Waals surface area contributed by atoms with Gasteiger partial charge in [0, 0.05) is 12.2 Å². The van der Waals surface area contributed by atoms with Crippen LogP contribution in [0.3, 0.4) is 0 Å². The lowest BCUT2D eigenvalue weighted by Gasteiger charge is -2.06. The second-order valence-corrected chi connectivity index (χ2v) is 5.17. The molecular formula is C19H13N3O4. The molecule has 0 saturated carbocycles. The van der Waals surface area contributed by atoms with E-state index < -0.39 is 18.5 Å². The molecule has 1 aromatic heterocycles. The number of hydrogen-bond donors (Lipinski definition) is 1. The highest BCUT2D eigenvalue weighted by Crippen LogP contribution is 2.15. The fourth-order valence-corrected chi connectivity index (χ4v) is 2.16. The van der Waals surface area contributed by atoms with Crippen LogP contribution in [0.1, 0.15) is 11.5 Å². The van der Waals surface area contributed by atoms with Crippen molar-refractivity contribution in [2.45, 2.75) is 0 Å².